The van der Waals surface area contributed by atoms with Gasteiger partial charge in [-0.1, -0.05) is 19.1 Å². The molecule has 2 aromatic rings. The molecule has 0 amide bonds. The number of sulfonamides is 1. The lowest BCUT2D eigenvalue weighted by molar-refractivity contribution is 0.474. The Morgan fingerprint density at radius 1 is 1.17 bits per heavy atom. The van der Waals surface area contributed by atoms with Crippen molar-refractivity contribution in [3.8, 4) is 5.75 Å². The van der Waals surface area contributed by atoms with Crippen molar-refractivity contribution in [2.45, 2.75) is 44.0 Å². The van der Waals surface area contributed by atoms with Gasteiger partial charge in [-0.25, -0.2) is 8.42 Å². The summed E-state index contributed by atoms with van der Waals surface area (Å²) in [5, 5.41) is 9.39. The summed E-state index contributed by atoms with van der Waals surface area (Å²) >= 11 is 0. The first kappa shape index (κ1) is 15.9. The Balaban J connectivity index is 2.10. The molecule has 0 saturated heterocycles. The van der Waals surface area contributed by atoms with Crippen LogP contribution in [0.15, 0.2) is 47.4 Å². The number of anilines is 1. The van der Waals surface area contributed by atoms with Crippen molar-refractivity contribution in [2.75, 3.05) is 4.31 Å². The molecule has 2 aromatic carbocycles. The average Bonchev–Trinajstić information content (AvgIpc) is 2.54. The Bertz CT molecular complexity index is 813. The van der Waals surface area contributed by atoms with Crippen LogP contribution in [0.25, 0.3) is 0 Å². The highest BCUT2D eigenvalue weighted by atomic mass is 32.2. The van der Waals surface area contributed by atoms with Crippen LogP contribution in [0, 0.1) is 0 Å². The van der Waals surface area contributed by atoms with Gasteiger partial charge in [0, 0.05) is 6.04 Å². The van der Waals surface area contributed by atoms with E-state index in [1.165, 1.54) is 34.1 Å². The lowest BCUT2D eigenvalue weighted by Crippen LogP contribution is -2.42. The van der Waals surface area contributed by atoms with Crippen LogP contribution in [0.4, 0.5) is 5.69 Å². The lowest BCUT2D eigenvalue weighted by atomic mass is 9.96. The molecule has 1 unspecified atom stereocenters. The zero-order valence-electron chi connectivity index (χ0n) is 13.4. The molecular formula is C18H21NO3S. The molecule has 0 bridgehead atoms. The van der Waals surface area contributed by atoms with Crippen molar-refractivity contribution < 1.29 is 13.5 Å². The molecular weight excluding hydrogens is 310 g/mol. The number of rotatable bonds is 3. The zero-order chi connectivity index (χ0) is 16.6. The zero-order valence-corrected chi connectivity index (χ0v) is 14.2. The largest absolute Gasteiger partial charge is 0.508 e. The highest BCUT2D eigenvalue weighted by Gasteiger charge is 2.33. The maximum absolute atomic E-state index is 13.1. The van der Waals surface area contributed by atoms with Gasteiger partial charge in [0.1, 0.15) is 5.75 Å². The van der Waals surface area contributed by atoms with E-state index in [0.717, 1.165) is 30.5 Å². The minimum absolute atomic E-state index is 0.0589. The standard InChI is InChI=1S/C18H21NO3S/c1-3-14-5-11-18-15(12-14)6-4-13(2)19(18)23(21,22)17-9-7-16(20)8-10-17/h5,7-13,20H,3-4,6H2,1-2H3. The maximum Gasteiger partial charge on any atom is 0.264 e. The van der Waals surface area contributed by atoms with Gasteiger partial charge in [0.15, 0.2) is 0 Å². The van der Waals surface area contributed by atoms with Crippen LogP contribution in [-0.4, -0.2) is 19.6 Å². The lowest BCUT2D eigenvalue weighted by Gasteiger charge is -2.36. The van der Waals surface area contributed by atoms with E-state index in [0.29, 0.717) is 0 Å². The number of nitrogens with zero attached hydrogens (tertiary/aromatic N) is 1. The number of benzene rings is 2. The summed E-state index contributed by atoms with van der Waals surface area (Å²) in [4.78, 5) is 0.203. The molecule has 1 atom stereocenters. The first-order valence-electron chi connectivity index (χ1n) is 7.88. The van der Waals surface area contributed by atoms with Gasteiger partial charge in [-0.15, -0.1) is 0 Å². The minimum Gasteiger partial charge on any atom is -0.508 e. The fraction of sp³-hybridized carbons (Fsp3) is 0.333. The van der Waals surface area contributed by atoms with Gasteiger partial charge in [0.2, 0.25) is 0 Å². The Morgan fingerprint density at radius 2 is 1.87 bits per heavy atom. The topological polar surface area (TPSA) is 57.6 Å². The van der Waals surface area contributed by atoms with Crippen molar-refractivity contribution >= 4 is 15.7 Å². The van der Waals surface area contributed by atoms with Crippen molar-refractivity contribution in [2.24, 2.45) is 0 Å². The molecule has 0 fully saturated rings. The second-order valence-corrected chi connectivity index (χ2v) is 7.81. The molecule has 23 heavy (non-hydrogen) atoms. The van der Waals surface area contributed by atoms with Gasteiger partial charge in [0.25, 0.3) is 10.0 Å². The minimum atomic E-state index is -3.64. The van der Waals surface area contributed by atoms with E-state index in [1.54, 1.807) is 0 Å². The maximum atomic E-state index is 13.1. The molecule has 1 aliphatic rings. The van der Waals surface area contributed by atoms with E-state index < -0.39 is 10.0 Å². The molecule has 0 spiro atoms. The van der Waals surface area contributed by atoms with Crippen LogP contribution >= 0.6 is 0 Å². The third-order valence-electron chi connectivity index (χ3n) is 4.41. The quantitative estimate of drug-likeness (QED) is 0.937. The number of hydrogen-bond donors (Lipinski definition) is 1. The number of aromatic hydroxyl groups is 1. The fourth-order valence-electron chi connectivity index (χ4n) is 3.09. The van der Waals surface area contributed by atoms with E-state index in [9.17, 15) is 13.5 Å². The van der Waals surface area contributed by atoms with Crippen molar-refractivity contribution in [3.05, 3.63) is 53.6 Å². The third-order valence-corrected chi connectivity index (χ3v) is 6.36. The average molecular weight is 331 g/mol. The van der Waals surface area contributed by atoms with Crippen LogP contribution in [0.3, 0.4) is 0 Å². The molecule has 0 aliphatic carbocycles. The van der Waals surface area contributed by atoms with Crippen LogP contribution in [-0.2, 0) is 22.9 Å². The van der Waals surface area contributed by atoms with E-state index in [1.807, 2.05) is 19.1 Å². The number of phenols is 1. The molecule has 1 heterocycles. The van der Waals surface area contributed by atoms with Gasteiger partial charge in [-0.2, -0.15) is 0 Å². The molecule has 4 nitrogen and oxygen atoms in total. The molecule has 122 valence electrons. The second kappa shape index (κ2) is 5.89. The van der Waals surface area contributed by atoms with Gasteiger partial charge < -0.3 is 5.11 Å². The Hall–Kier alpha value is -2.01. The van der Waals surface area contributed by atoms with Crippen LogP contribution in [0.5, 0.6) is 5.75 Å². The Labute approximate surface area is 137 Å². The summed E-state index contributed by atoms with van der Waals surface area (Å²) in [6, 6.07) is 11.6. The normalized spacial score (nSPS) is 17.8. The number of hydrogen-bond acceptors (Lipinski definition) is 3. The number of fused-ring (bicyclic) bond motifs is 1. The van der Waals surface area contributed by atoms with Crippen molar-refractivity contribution in [3.63, 3.8) is 0 Å². The Morgan fingerprint density at radius 3 is 2.52 bits per heavy atom. The number of aryl methyl sites for hydroxylation is 2. The molecule has 5 heteroatoms. The Kier molecular flexibility index (Phi) is 4.06. The van der Waals surface area contributed by atoms with Crippen molar-refractivity contribution in [1.29, 1.82) is 0 Å². The van der Waals surface area contributed by atoms with Crippen LogP contribution in [0.2, 0.25) is 0 Å². The predicted molar refractivity (Wildman–Crippen MR) is 91.4 cm³/mol. The highest BCUT2D eigenvalue weighted by molar-refractivity contribution is 7.92. The molecule has 0 radical (unpaired) electrons. The van der Waals surface area contributed by atoms with Gasteiger partial charge >= 0.3 is 0 Å². The molecule has 0 aromatic heterocycles. The first-order chi connectivity index (χ1) is 10.9. The van der Waals surface area contributed by atoms with E-state index >= 15 is 0 Å². The van der Waals surface area contributed by atoms with Gasteiger partial charge in [0.05, 0.1) is 10.6 Å². The summed E-state index contributed by atoms with van der Waals surface area (Å²) in [5.41, 5.74) is 3.08. The SMILES string of the molecule is CCc1ccc2c(c1)CCC(C)N2S(=O)(=O)c1ccc(O)cc1. The molecule has 1 aliphatic heterocycles. The van der Waals surface area contributed by atoms with E-state index in [2.05, 4.69) is 13.0 Å². The summed E-state index contributed by atoms with van der Waals surface area (Å²) in [6.45, 7) is 4.03. The second-order valence-electron chi connectivity index (χ2n) is 6.00. The van der Waals surface area contributed by atoms with E-state index in [4.69, 9.17) is 0 Å². The number of phenolic OH excluding ortho intramolecular Hbond substituents is 1. The predicted octanol–water partition coefficient (Wildman–Crippen LogP) is 3.48. The fourth-order valence-corrected chi connectivity index (χ4v) is 4.81. The summed E-state index contributed by atoms with van der Waals surface area (Å²) in [5.74, 6) is 0.0589. The molecule has 1 N–H and O–H groups in total. The molecule has 0 saturated carbocycles. The van der Waals surface area contributed by atoms with Crippen LogP contribution in [0.1, 0.15) is 31.4 Å². The highest BCUT2D eigenvalue weighted by Crippen LogP contribution is 2.36. The monoisotopic (exact) mass is 331 g/mol. The van der Waals surface area contributed by atoms with Gasteiger partial charge in [-0.05, 0) is 67.6 Å². The summed E-state index contributed by atoms with van der Waals surface area (Å²) < 4.78 is 27.7. The summed E-state index contributed by atoms with van der Waals surface area (Å²) in [7, 11) is -3.64. The first-order valence-corrected chi connectivity index (χ1v) is 9.32. The third kappa shape index (κ3) is 2.81. The summed E-state index contributed by atoms with van der Waals surface area (Å²) in [6.07, 6.45) is 2.64. The smallest absolute Gasteiger partial charge is 0.264 e. The van der Waals surface area contributed by atoms with Crippen molar-refractivity contribution in [1.82, 2.24) is 0 Å². The molecule has 3 rings (SSSR count). The van der Waals surface area contributed by atoms with E-state index in [-0.39, 0.29) is 16.7 Å². The van der Waals surface area contributed by atoms with Crippen LogP contribution < -0.4 is 4.31 Å². The van der Waals surface area contributed by atoms with Gasteiger partial charge in [-0.3, -0.25) is 4.31 Å².